The van der Waals surface area contributed by atoms with Gasteiger partial charge in [-0.1, -0.05) is 20.3 Å². The van der Waals surface area contributed by atoms with Gasteiger partial charge in [-0.05, 0) is 31.2 Å². The molecule has 1 aromatic heterocycles. The summed E-state index contributed by atoms with van der Waals surface area (Å²) in [5.41, 5.74) is 1.41. The van der Waals surface area contributed by atoms with Gasteiger partial charge in [0.2, 0.25) is 0 Å². The Kier molecular flexibility index (Phi) is 2.90. The first kappa shape index (κ1) is 9.75. The van der Waals surface area contributed by atoms with Crippen molar-refractivity contribution in [2.75, 3.05) is 0 Å². The zero-order valence-electron chi connectivity index (χ0n) is 9.16. The molecule has 2 rings (SSSR count). The Balaban J connectivity index is 1.98. The molecule has 2 nitrogen and oxygen atoms in total. The Morgan fingerprint density at radius 1 is 1.57 bits per heavy atom. The molecule has 1 radical (unpaired) electrons. The zero-order valence-corrected chi connectivity index (χ0v) is 9.16. The predicted octanol–water partition coefficient (Wildman–Crippen LogP) is 3.00. The summed E-state index contributed by atoms with van der Waals surface area (Å²) in [6.07, 6.45) is 8.29. The van der Waals surface area contributed by atoms with E-state index in [0.29, 0.717) is 0 Å². The van der Waals surface area contributed by atoms with Crippen molar-refractivity contribution >= 4 is 0 Å². The van der Waals surface area contributed by atoms with Crippen molar-refractivity contribution in [3.8, 4) is 0 Å². The molecule has 1 aliphatic rings. The first-order valence-electron chi connectivity index (χ1n) is 5.71. The monoisotopic (exact) mass is 191 g/mol. The van der Waals surface area contributed by atoms with Crippen LogP contribution in [0.5, 0.6) is 0 Å². The molecule has 0 amide bonds. The third kappa shape index (κ3) is 1.99. The van der Waals surface area contributed by atoms with E-state index in [1.54, 1.807) is 0 Å². The van der Waals surface area contributed by atoms with Crippen molar-refractivity contribution < 1.29 is 0 Å². The molecule has 0 spiro atoms. The Morgan fingerprint density at radius 2 is 2.36 bits per heavy atom. The Hall–Kier alpha value is -0.790. The molecule has 0 unspecified atom stereocenters. The number of nitrogens with zero attached hydrogens (tertiary/aromatic N) is 2. The maximum absolute atomic E-state index is 4.28. The molecule has 2 heteroatoms. The predicted molar refractivity (Wildman–Crippen MR) is 57.1 cm³/mol. The number of hydrogen-bond donors (Lipinski definition) is 0. The SMILES string of the molecule is CC(C)CCn1n[c]cc1C1CCC1. The summed E-state index contributed by atoms with van der Waals surface area (Å²) in [4.78, 5) is 0. The van der Waals surface area contributed by atoms with Crippen LogP contribution in [0.25, 0.3) is 0 Å². The van der Waals surface area contributed by atoms with Gasteiger partial charge in [0, 0.05) is 18.2 Å². The third-order valence-corrected chi connectivity index (χ3v) is 3.13. The van der Waals surface area contributed by atoms with Crippen LogP contribution in [0, 0.1) is 12.1 Å². The Labute approximate surface area is 86.3 Å². The standard InChI is InChI=1S/C12H19N2/c1-10(2)7-9-14-12(6-8-13-14)11-4-3-5-11/h6,10-11H,3-5,7,9H2,1-2H3. The lowest BCUT2D eigenvalue weighted by Crippen LogP contribution is -2.15. The largest absolute Gasteiger partial charge is 0.269 e. The first-order valence-corrected chi connectivity index (χ1v) is 5.71. The number of hydrogen-bond acceptors (Lipinski definition) is 1. The highest BCUT2D eigenvalue weighted by atomic mass is 15.3. The summed E-state index contributed by atoms with van der Waals surface area (Å²) in [6.45, 7) is 5.58. The van der Waals surface area contributed by atoms with Gasteiger partial charge in [-0.2, -0.15) is 5.10 Å². The lowest BCUT2D eigenvalue weighted by molar-refractivity contribution is 0.377. The normalized spacial score (nSPS) is 17.4. The molecule has 0 atom stereocenters. The van der Waals surface area contributed by atoms with Gasteiger partial charge in [0.05, 0.1) is 0 Å². The van der Waals surface area contributed by atoms with Crippen molar-refractivity contribution in [1.29, 1.82) is 0 Å². The molecule has 1 aromatic rings. The van der Waals surface area contributed by atoms with E-state index >= 15 is 0 Å². The molecule has 14 heavy (non-hydrogen) atoms. The third-order valence-electron chi connectivity index (χ3n) is 3.13. The molecule has 1 fully saturated rings. The molecule has 1 saturated carbocycles. The summed E-state index contributed by atoms with van der Waals surface area (Å²) in [5.74, 6) is 1.54. The molecule has 77 valence electrons. The van der Waals surface area contributed by atoms with Gasteiger partial charge in [0.25, 0.3) is 0 Å². The smallest absolute Gasteiger partial charge is 0.113 e. The molecule has 0 saturated heterocycles. The van der Waals surface area contributed by atoms with Gasteiger partial charge in [-0.15, -0.1) is 0 Å². The summed E-state index contributed by atoms with van der Waals surface area (Å²) >= 11 is 0. The van der Waals surface area contributed by atoms with E-state index in [1.807, 2.05) is 0 Å². The molecule has 1 aliphatic carbocycles. The van der Waals surface area contributed by atoms with Gasteiger partial charge in [0.1, 0.15) is 6.20 Å². The van der Waals surface area contributed by atoms with Crippen LogP contribution in [0.3, 0.4) is 0 Å². The molecule has 0 N–H and O–H groups in total. The highest BCUT2D eigenvalue weighted by Gasteiger charge is 2.22. The van der Waals surface area contributed by atoms with Crippen LogP contribution in [0.15, 0.2) is 6.07 Å². The van der Waals surface area contributed by atoms with E-state index in [9.17, 15) is 0 Å². The molecule has 0 bridgehead atoms. The highest BCUT2D eigenvalue weighted by molar-refractivity contribution is 5.10. The molecule has 1 heterocycles. The minimum Gasteiger partial charge on any atom is -0.269 e. The second kappa shape index (κ2) is 4.16. The van der Waals surface area contributed by atoms with Crippen molar-refractivity contribution in [3.63, 3.8) is 0 Å². The van der Waals surface area contributed by atoms with Crippen molar-refractivity contribution in [2.45, 2.75) is 52.0 Å². The summed E-state index contributed by atoms with van der Waals surface area (Å²) in [6, 6.07) is 2.07. The lowest BCUT2D eigenvalue weighted by atomic mass is 9.83. The van der Waals surface area contributed by atoms with Crippen LogP contribution < -0.4 is 0 Å². The topological polar surface area (TPSA) is 17.8 Å². The maximum Gasteiger partial charge on any atom is 0.113 e. The van der Waals surface area contributed by atoms with Gasteiger partial charge < -0.3 is 0 Å². The van der Waals surface area contributed by atoms with E-state index in [2.05, 4.69) is 35.9 Å². The van der Waals surface area contributed by atoms with E-state index in [4.69, 9.17) is 0 Å². The summed E-state index contributed by atoms with van der Waals surface area (Å²) in [5, 5.41) is 4.28. The number of aromatic nitrogens is 2. The second-order valence-corrected chi connectivity index (χ2v) is 4.73. The first-order chi connectivity index (χ1) is 6.77. The van der Waals surface area contributed by atoms with Gasteiger partial charge in [-0.3, -0.25) is 4.68 Å². The van der Waals surface area contributed by atoms with Crippen molar-refractivity contribution in [1.82, 2.24) is 9.78 Å². The Morgan fingerprint density at radius 3 is 2.93 bits per heavy atom. The number of rotatable bonds is 4. The number of aryl methyl sites for hydroxylation is 1. The zero-order chi connectivity index (χ0) is 9.97. The van der Waals surface area contributed by atoms with E-state index < -0.39 is 0 Å². The molecule has 0 aliphatic heterocycles. The van der Waals surface area contributed by atoms with Crippen LogP contribution in [-0.4, -0.2) is 9.78 Å². The van der Waals surface area contributed by atoms with Crippen LogP contribution >= 0.6 is 0 Å². The average Bonchev–Trinajstić information content (AvgIpc) is 2.46. The van der Waals surface area contributed by atoms with Crippen molar-refractivity contribution in [2.24, 2.45) is 5.92 Å². The fraction of sp³-hybridized carbons (Fsp3) is 0.750. The fourth-order valence-electron chi connectivity index (χ4n) is 1.89. The van der Waals surface area contributed by atoms with Crippen LogP contribution in [0.4, 0.5) is 0 Å². The van der Waals surface area contributed by atoms with E-state index in [0.717, 1.165) is 18.4 Å². The van der Waals surface area contributed by atoms with Gasteiger partial charge in [-0.25, -0.2) is 0 Å². The summed E-state index contributed by atoms with van der Waals surface area (Å²) in [7, 11) is 0. The van der Waals surface area contributed by atoms with Gasteiger partial charge in [0.15, 0.2) is 0 Å². The van der Waals surface area contributed by atoms with Crippen LogP contribution in [-0.2, 0) is 6.54 Å². The average molecular weight is 191 g/mol. The quantitative estimate of drug-likeness (QED) is 0.715. The summed E-state index contributed by atoms with van der Waals surface area (Å²) < 4.78 is 2.16. The van der Waals surface area contributed by atoms with E-state index in [-0.39, 0.29) is 0 Å². The molecule has 0 aromatic carbocycles. The fourth-order valence-corrected chi connectivity index (χ4v) is 1.89. The maximum atomic E-state index is 4.28. The van der Waals surface area contributed by atoms with Gasteiger partial charge >= 0.3 is 0 Å². The minimum atomic E-state index is 0.758. The van der Waals surface area contributed by atoms with E-state index in [1.165, 1.54) is 31.4 Å². The molecular formula is C12H19N2. The van der Waals surface area contributed by atoms with Crippen LogP contribution in [0.1, 0.15) is 51.1 Å². The lowest BCUT2D eigenvalue weighted by Gasteiger charge is -2.26. The Bertz CT molecular complexity index is 284. The second-order valence-electron chi connectivity index (χ2n) is 4.73. The molecular weight excluding hydrogens is 172 g/mol. The van der Waals surface area contributed by atoms with Crippen LogP contribution in [0.2, 0.25) is 0 Å². The minimum absolute atomic E-state index is 0.758. The highest BCUT2D eigenvalue weighted by Crippen LogP contribution is 2.35. The van der Waals surface area contributed by atoms with Crippen molar-refractivity contribution in [3.05, 3.63) is 18.0 Å².